The quantitative estimate of drug-likeness (QED) is 0.548. The lowest BCUT2D eigenvalue weighted by molar-refractivity contribution is -0.120. The van der Waals surface area contributed by atoms with E-state index in [2.05, 4.69) is 5.32 Å². The molecule has 0 radical (unpaired) electrons. The fraction of sp³-hybridized carbons (Fsp3) is 0.192. The molecule has 6 nitrogen and oxygen atoms in total. The van der Waals surface area contributed by atoms with Crippen molar-refractivity contribution in [1.29, 1.82) is 0 Å². The number of benzene rings is 2. The third kappa shape index (κ3) is 4.25. The zero-order chi connectivity index (χ0) is 22.7. The third-order valence-corrected chi connectivity index (χ3v) is 5.59. The summed E-state index contributed by atoms with van der Waals surface area (Å²) in [4.78, 5) is 12.7. The van der Waals surface area contributed by atoms with E-state index in [1.54, 1.807) is 31.6 Å². The third-order valence-electron chi connectivity index (χ3n) is 5.59. The van der Waals surface area contributed by atoms with Gasteiger partial charge in [-0.25, -0.2) is 0 Å². The molecule has 0 atom stereocenters. The van der Waals surface area contributed by atoms with Crippen molar-refractivity contribution in [3.8, 4) is 17.2 Å². The number of phenolic OH excluding ortho intramolecular Hbond substituents is 1. The van der Waals surface area contributed by atoms with E-state index in [1.807, 2.05) is 43.3 Å². The van der Waals surface area contributed by atoms with Gasteiger partial charge < -0.3 is 24.3 Å². The number of fused-ring (bicyclic) bond motifs is 1. The molecule has 2 aromatic carbocycles. The van der Waals surface area contributed by atoms with Crippen molar-refractivity contribution in [2.24, 2.45) is 0 Å². The van der Waals surface area contributed by atoms with E-state index in [9.17, 15) is 9.90 Å². The SMILES string of the molecule is COc1ccc2c(c1)C(CC(=O)NCc1ccco1)=C(C)/C2=C/c1ccc(OC)c(O)c1. The molecule has 1 amide bonds. The number of phenols is 1. The van der Waals surface area contributed by atoms with Crippen molar-refractivity contribution in [3.05, 3.63) is 82.8 Å². The van der Waals surface area contributed by atoms with E-state index in [0.717, 1.165) is 39.2 Å². The zero-order valence-electron chi connectivity index (χ0n) is 18.3. The van der Waals surface area contributed by atoms with Gasteiger partial charge in [0.05, 0.1) is 33.4 Å². The van der Waals surface area contributed by atoms with E-state index in [4.69, 9.17) is 13.9 Å². The topological polar surface area (TPSA) is 80.9 Å². The first-order valence-electron chi connectivity index (χ1n) is 10.3. The molecule has 1 heterocycles. The molecule has 0 unspecified atom stereocenters. The molecule has 1 aliphatic rings. The fourth-order valence-corrected chi connectivity index (χ4v) is 3.90. The van der Waals surface area contributed by atoms with Gasteiger partial charge in [0.25, 0.3) is 0 Å². The van der Waals surface area contributed by atoms with E-state index < -0.39 is 0 Å². The van der Waals surface area contributed by atoms with E-state index in [-0.39, 0.29) is 18.1 Å². The summed E-state index contributed by atoms with van der Waals surface area (Å²) in [5.74, 6) is 1.84. The summed E-state index contributed by atoms with van der Waals surface area (Å²) >= 11 is 0. The first-order valence-corrected chi connectivity index (χ1v) is 10.3. The van der Waals surface area contributed by atoms with E-state index in [0.29, 0.717) is 18.1 Å². The molecular weight excluding hydrogens is 406 g/mol. The van der Waals surface area contributed by atoms with Gasteiger partial charge in [0.1, 0.15) is 11.5 Å². The second-order valence-corrected chi connectivity index (χ2v) is 7.54. The summed E-state index contributed by atoms with van der Waals surface area (Å²) in [7, 11) is 3.14. The maximum atomic E-state index is 12.7. The molecule has 164 valence electrons. The highest BCUT2D eigenvalue weighted by molar-refractivity contribution is 6.08. The molecular formula is C26H25NO5. The molecule has 0 bridgehead atoms. The number of furan rings is 1. The smallest absolute Gasteiger partial charge is 0.224 e. The van der Waals surface area contributed by atoms with Gasteiger partial charge in [-0.2, -0.15) is 0 Å². The van der Waals surface area contributed by atoms with Crippen LogP contribution in [0.5, 0.6) is 17.2 Å². The van der Waals surface area contributed by atoms with Crippen LogP contribution in [0.2, 0.25) is 0 Å². The monoisotopic (exact) mass is 431 g/mol. The minimum Gasteiger partial charge on any atom is -0.504 e. The van der Waals surface area contributed by atoms with Crippen LogP contribution in [0.4, 0.5) is 0 Å². The lowest BCUT2D eigenvalue weighted by Gasteiger charge is -2.09. The Balaban J connectivity index is 1.67. The average molecular weight is 431 g/mol. The maximum absolute atomic E-state index is 12.7. The predicted molar refractivity (Wildman–Crippen MR) is 123 cm³/mol. The Hall–Kier alpha value is -3.93. The molecule has 3 aromatic rings. The standard InChI is InChI=1S/C26H25NO5/c1-16-21(11-17-6-9-25(31-3)24(28)12-17)20-8-7-18(30-2)13-23(20)22(16)14-26(29)27-15-19-5-4-10-32-19/h4-13,28H,14-15H2,1-3H3,(H,27,29)/b21-11-. The molecule has 1 aromatic heterocycles. The number of aromatic hydroxyl groups is 1. The summed E-state index contributed by atoms with van der Waals surface area (Å²) in [5.41, 5.74) is 5.78. The summed E-state index contributed by atoms with van der Waals surface area (Å²) in [6.45, 7) is 2.35. The molecule has 0 fully saturated rings. The average Bonchev–Trinajstić information content (AvgIpc) is 3.40. The van der Waals surface area contributed by atoms with Crippen molar-refractivity contribution in [1.82, 2.24) is 5.32 Å². The minimum atomic E-state index is -0.0899. The van der Waals surface area contributed by atoms with E-state index >= 15 is 0 Å². The van der Waals surface area contributed by atoms with Crippen LogP contribution in [-0.4, -0.2) is 25.2 Å². The van der Waals surface area contributed by atoms with Gasteiger partial charge in [-0.15, -0.1) is 0 Å². The number of ether oxygens (including phenoxy) is 2. The number of rotatable bonds is 7. The molecule has 4 rings (SSSR count). The number of carbonyl (C=O) groups excluding carboxylic acids is 1. The van der Waals surface area contributed by atoms with Crippen LogP contribution >= 0.6 is 0 Å². The second-order valence-electron chi connectivity index (χ2n) is 7.54. The van der Waals surface area contributed by atoms with Gasteiger partial charge in [-0.3, -0.25) is 4.79 Å². The summed E-state index contributed by atoms with van der Waals surface area (Å²) in [6.07, 6.45) is 3.83. The van der Waals surface area contributed by atoms with Gasteiger partial charge in [0.15, 0.2) is 11.5 Å². The highest BCUT2D eigenvalue weighted by Gasteiger charge is 2.26. The maximum Gasteiger partial charge on any atom is 0.224 e. The first kappa shape index (κ1) is 21.3. The molecule has 2 N–H and O–H groups in total. The Kier molecular flexibility index (Phi) is 6.03. The van der Waals surface area contributed by atoms with Crippen LogP contribution in [0.25, 0.3) is 17.2 Å². The van der Waals surface area contributed by atoms with Gasteiger partial charge in [-0.1, -0.05) is 12.1 Å². The van der Waals surface area contributed by atoms with Crippen molar-refractivity contribution in [2.75, 3.05) is 14.2 Å². The number of hydrogen-bond donors (Lipinski definition) is 2. The predicted octanol–water partition coefficient (Wildman–Crippen LogP) is 5.04. The number of allylic oxidation sites excluding steroid dienone is 2. The van der Waals surface area contributed by atoms with Crippen LogP contribution in [0.1, 0.15) is 35.8 Å². The van der Waals surface area contributed by atoms with Crippen LogP contribution in [0.15, 0.2) is 64.8 Å². The van der Waals surface area contributed by atoms with Crippen molar-refractivity contribution >= 4 is 23.1 Å². The number of methoxy groups -OCH3 is 2. The highest BCUT2D eigenvalue weighted by atomic mass is 16.5. The summed E-state index contributed by atoms with van der Waals surface area (Å²) in [5, 5.41) is 13.1. The lowest BCUT2D eigenvalue weighted by atomic mass is 10.00. The van der Waals surface area contributed by atoms with Gasteiger partial charge in [-0.05, 0) is 82.8 Å². The first-order chi connectivity index (χ1) is 15.5. The van der Waals surface area contributed by atoms with Gasteiger partial charge >= 0.3 is 0 Å². The minimum absolute atomic E-state index is 0.0777. The normalized spacial score (nSPS) is 13.9. The van der Waals surface area contributed by atoms with Crippen LogP contribution in [0.3, 0.4) is 0 Å². The van der Waals surface area contributed by atoms with Crippen molar-refractivity contribution in [3.63, 3.8) is 0 Å². The Labute approximate surface area is 186 Å². The summed E-state index contributed by atoms with van der Waals surface area (Å²) < 4.78 is 15.8. The molecule has 0 saturated carbocycles. The van der Waals surface area contributed by atoms with Gasteiger partial charge in [0.2, 0.25) is 5.91 Å². The number of amides is 1. The molecule has 0 saturated heterocycles. The van der Waals surface area contributed by atoms with Crippen LogP contribution < -0.4 is 14.8 Å². The number of hydrogen-bond acceptors (Lipinski definition) is 5. The van der Waals surface area contributed by atoms with E-state index in [1.165, 1.54) is 7.11 Å². The Morgan fingerprint density at radius 1 is 1.09 bits per heavy atom. The Morgan fingerprint density at radius 3 is 2.62 bits per heavy atom. The van der Waals surface area contributed by atoms with Gasteiger partial charge in [0, 0.05) is 0 Å². The zero-order valence-corrected chi connectivity index (χ0v) is 18.3. The van der Waals surface area contributed by atoms with Crippen LogP contribution in [0, 0.1) is 0 Å². The molecule has 1 aliphatic carbocycles. The Bertz CT molecular complexity index is 1200. The number of nitrogens with one attached hydrogen (secondary N) is 1. The highest BCUT2D eigenvalue weighted by Crippen LogP contribution is 2.45. The summed E-state index contributed by atoms with van der Waals surface area (Å²) in [6, 6.07) is 14.8. The Morgan fingerprint density at radius 2 is 1.94 bits per heavy atom. The van der Waals surface area contributed by atoms with Crippen molar-refractivity contribution < 1.29 is 23.8 Å². The molecule has 6 heteroatoms. The molecule has 0 aliphatic heterocycles. The van der Waals surface area contributed by atoms with Crippen molar-refractivity contribution in [2.45, 2.75) is 19.9 Å². The lowest BCUT2D eigenvalue weighted by Crippen LogP contribution is -2.22. The molecule has 32 heavy (non-hydrogen) atoms. The largest absolute Gasteiger partial charge is 0.504 e. The van der Waals surface area contributed by atoms with Crippen LogP contribution in [-0.2, 0) is 11.3 Å². The fourth-order valence-electron chi connectivity index (χ4n) is 3.90. The second kappa shape index (κ2) is 9.06. The molecule has 0 spiro atoms. The number of carbonyl (C=O) groups is 1.